The number of nitriles is 1. The van der Waals surface area contributed by atoms with E-state index in [9.17, 15) is 0 Å². The fourth-order valence-corrected chi connectivity index (χ4v) is 2.77. The molecule has 15 heavy (non-hydrogen) atoms. The predicted octanol–water partition coefficient (Wildman–Crippen LogP) is 1.48. The van der Waals surface area contributed by atoms with E-state index in [1.807, 2.05) is 0 Å². The normalized spacial score (nSPS) is 28.1. The molecule has 3 rings (SSSR count). The third-order valence-corrected chi connectivity index (χ3v) is 3.44. The zero-order chi connectivity index (χ0) is 10.3. The second-order valence-electron chi connectivity index (χ2n) is 4.22. The van der Waals surface area contributed by atoms with E-state index in [1.54, 1.807) is 12.3 Å². The highest BCUT2D eigenvalue weighted by Gasteiger charge is 2.40. The lowest BCUT2D eigenvalue weighted by Gasteiger charge is -2.21. The molecule has 0 spiro atoms. The minimum atomic E-state index is 0.464. The van der Waals surface area contributed by atoms with Gasteiger partial charge >= 0.3 is 0 Å². The van der Waals surface area contributed by atoms with Gasteiger partial charge in [0.05, 0.1) is 0 Å². The zero-order valence-electron chi connectivity index (χ0n) is 8.43. The Morgan fingerprint density at radius 2 is 1.93 bits per heavy atom. The highest BCUT2D eigenvalue weighted by atomic mass is 15.3. The lowest BCUT2D eigenvalue weighted by atomic mass is 10.0. The average Bonchev–Trinajstić information content (AvgIpc) is 2.88. The van der Waals surface area contributed by atoms with E-state index in [2.05, 4.69) is 20.9 Å². The van der Waals surface area contributed by atoms with Crippen LogP contribution in [0.3, 0.4) is 0 Å². The Morgan fingerprint density at radius 3 is 2.53 bits per heavy atom. The van der Waals surface area contributed by atoms with Crippen molar-refractivity contribution >= 4 is 5.95 Å². The Balaban J connectivity index is 1.96. The lowest BCUT2D eigenvalue weighted by molar-refractivity contribution is 0.576. The monoisotopic (exact) mass is 200 g/mol. The highest BCUT2D eigenvalue weighted by Crippen LogP contribution is 2.39. The maximum Gasteiger partial charge on any atom is 0.227 e. The quantitative estimate of drug-likeness (QED) is 0.689. The van der Waals surface area contributed by atoms with Gasteiger partial charge in [-0.05, 0) is 31.7 Å². The molecule has 0 N–H and O–H groups in total. The molecule has 76 valence electrons. The molecule has 1 aromatic rings. The van der Waals surface area contributed by atoms with Gasteiger partial charge < -0.3 is 4.90 Å². The third kappa shape index (κ3) is 1.27. The van der Waals surface area contributed by atoms with Crippen LogP contribution >= 0.6 is 0 Å². The van der Waals surface area contributed by atoms with Crippen LogP contribution in [-0.4, -0.2) is 22.1 Å². The number of rotatable bonds is 1. The van der Waals surface area contributed by atoms with Crippen molar-refractivity contribution in [1.82, 2.24) is 9.97 Å². The van der Waals surface area contributed by atoms with Crippen LogP contribution in [0.2, 0.25) is 0 Å². The summed E-state index contributed by atoms with van der Waals surface area (Å²) in [6.45, 7) is 0. The Labute approximate surface area is 88.6 Å². The summed E-state index contributed by atoms with van der Waals surface area (Å²) in [7, 11) is 0. The highest BCUT2D eigenvalue weighted by molar-refractivity contribution is 5.40. The van der Waals surface area contributed by atoms with Crippen molar-refractivity contribution < 1.29 is 0 Å². The molecule has 3 heterocycles. The van der Waals surface area contributed by atoms with E-state index in [1.165, 1.54) is 25.7 Å². The van der Waals surface area contributed by atoms with Gasteiger partial charge in [0.25, 0.3) is 0 Å². The van der Waals surface area contributed by atoms with Crippen LogP contribution in [0.25, 0.3) is 0 Å². The molecule has 0 amide bonds. The van der Waals surface area contributed by atoms with Gasteiger partial charge in [-0.25, -0.2) is 9.97 Å². The number of fused-ring (bicyclic) bond motifs is 2. The van der Waals surface area contributed by atoms with Gasteiger partial charge in [-0.2, -0.15) is 5.26 Å². The predicted molar refractivity (Wildman–Crippen MR) is 55.3 cm³/mol. The van der Waals surface area contributed by atoms with Gasteiger partial charge in [0.2, 0.25) is 5.95 Å². The first-order chi connectivity index (χ1) is 7.38. The molecule has 2 aliphatic rings. The smallest absolute Gasteiger partial charge is 0.227 e. The van der Waals surface area contributed by atoms with Crippen molar-refractivity contribution in [3.05, 3.63) is 18.0 Å². The second-order valence-corrected chi connectivity index (χ2v) is 4.22. The van der Waals surface area contributed by atoms with Crippen molar-refractivity contribution in [3.63, 3.8) is 0 Å². The van der Waals surface area contributed by atoms with Crippen LogP contribution < -0.4 is 4.90 Å². The Hall–Kier alpha value is -1.63. The molecule has 0 radical (unpaired) electrons. The number of hydrogen-bond donors (Lipinski definition) is 0. The lowest BCUT2D eigenvalue weighted by Crippen LogP contribution is -2.29. The molecule has 4 nitrogen and oxygen atoms in total. The average molecular weight is 200 g/mol. The van der Waals surface area contributed by atoms with Gasteiger partial charge in [-0.3, -0.25) is 0 Å². The summed E-state index contributed by atoms with van der Waals surface area (Å²) in [6, 6.07) is 4.95. The van der Waals surface area contributed by atoms with Crippen LogP contribution in [0.1, 0.15) is 31.4 Å². The van der Waals surface area contributed by atoms with E-state index in [0.717, 1.165) is 5.95 Å². The summed E-state index contributed by atoms with van der Waals surface area (Å²) in [4.78, 5) is 10.8. The summed E-state index contributed by atoms with van der Waals surface area (Å²) < 4.78 is 0. The summed E-state index contributed by atoms with van der Waals surface area (Å²) in [5.74, 6) is 0.749. The van der Waals surface area contributed by atoms with E-state index >= 15 is 0 Å². The van der Waals surface area contributed by atoms with Crippen LogP contribution in [-0.2, 0) is 0 Å². The molecule has 1 aromatic heterocycles. The number of nitrogens with zero attached hydrogens (tertiary/aromatic N) is 4. The summed E-state index contributed by atoms with van der Waals surface area (Å²) in [5.41, 5.74) is 0.464. The minimum absolute atomic E-state index is 0.464. The van der Waals surface area contributed by atoms with Crippen LogP contribution in [0.5, 0.6) is 0 Å². The molecule has 2 saturated heterocycles. The van der Waals surface area contributed by atoms with Gasteiger partial charge in [-0.15, -0.1) is 0 Å². The standard InChI is InChI=1S/C11H12N4/c12-7-8-5-6-13-11(14-8)15-9-1-2-10(15)4-3-9/h5-6,9-10H,1-4H2. The summed E-state index contributed by atoms with van der Waals surface area (Å²) in [5, 5.41) is 8.79. The van der Waals surface area contributed by atoms with Crippen molar-refractivity contribution in [3.8, 4) is 6.07 Å². The molecule has 2 bridgehead atoms. The Bertz CT molecular complexity index is 403. The molecular formula is C11H12N4. The summed E-state index contributed by atoms with van der Waals surface area (Å²) in [6.07, 6.45) is 6.70. The zero-order valence-corrected chi connectivity index (χ0v) is 8.43. The van der Waals surface area contributed by atoms with E-state index < -0.39 is 0 Å². The van der Waals surface area contributed by atoms with Crippen LogP contribution in [0, 0.1) is 11.3 Å². The van der Waals surface area contributed by atoms with E-state index in [0.29, 0.717) is 17.8 Å². The van der Waals surface area contributed by atoms with Gasteiger partial charge in [0.15, 0.2) is 0 Å². The number of anilines is 1. The number of hydrogen-bond acceptors (Lipinski definition) is 4. The fraction of sp³-hybridized carbons (Fsp3) is 0.545. The molecule has 4 heteroatoms. The number of aromatic nitrogens is 2. The largest absolute Gasteiger partial charge is 0.335 e. The maximum absolute atomic E-state index is 8.79. The molecule has 0 aromatic carbocycles. The second kappa shape index (κ2) is 3.20. The van der Waals surface area contributed by atoms with Crippen LogP contribution in [0.4, 0.5) is 5.95 Å². The first kappa shape index (κ1) is 8.66. The molecule has 0 unspecified atom stereocenters. The van der Waals surface area contributed by atoms with Crippen molar-refractivity contribution in [2.24, 2.45) is 0 Å². The van der Waals surface area contributed by atoms with Gasteiger partial charge in [0.1, 0.15) is 11.8 Å². The van der Waals surface area contributed by atoms with Crippen molar-refractivity contribution in [1.29, 1.82) is 5.26 Å². The molecule has 2 aliphatic heterocycles. The first-order valence-electron chi connectivity index (χ1n) is 5.40. The molecule has 0 saturated carbocycles. The molecule has 0 aliphatic carbocycles. The van der Waals surface area contributed by atoms with Crippen molar-refractivity contribution in [2.75, 3.05) is 4.90 Å². The van der Waals surface area contributed by atoms with E-state index in [-0.39, 0.29) is 0 Å². The fourth-order valence-electron chi connectivity index (χ4n) is 2.77. The Kier molecular flexibility index (Phi) is 1.84. The maximum atomic E-state index is 8.79. The first-order valence-corrected chi connectivity index (χ1v) is 5.40. The molecular weight excluding hydrogens is 188 g/mol. The Morgan fingerprint density at radius 1 is 1.27 bits per heavy atom. The van der Waals surface area contributed by atoms with Gasteiger partial charge in [-0.1, -0.05) is 0 Å². The van der Waals surface area contributed by atoms with Crippen molar-refractivity contribution in [2.45, 2.75) is 37.8 Å². The topological polar surface area (TPSA) is 52.8 Å². The SMILES string of the molecule is N#Cc1ccnc(N2C3CCC2CC3)n1. The van der Waals surface area contributed by atoms with E-state index in [4.69, 9.17) is 5.26 Å². The molecule has 0 atom stereocenters. The minimum Gasteiger partial charge on any atom is -0.335 e. The third-order valence-electron chi connectivity index (χ3n) is 3.44. The van der Waals surface area contributed by atoms with Crippen LogP contribution in [0.15, 0.2) is 12.3 Å². The summed E-state index contributed by atoms with van der Waals surface area (Å²) >= 11 is 0. The molecule has 2 fully saturated rings. The van der Waals surface area contributed by atoms with Gasteiger partial charge in [0, 0.05) is 18.3 Å².